The van der Waals surface area contributed by atoms with Crippen LogP contribution in [-0.2, 0) is 12.8 Å². The van der Waals surface area contributed by atoms with Gasteiger partial charge >= 0.3 is 0 Å². The van der Waals surface area contributed by atoms with Crippen LogP contribution in [0.5, 0.6) is 11.5 Å². The molecule has 0 spiro atoms. The van der Waals surface area contributed by atoms with Crippen molar-refractivity contribution in [1.82, 2.24) is 0 Å². The monoisotopic (exact) mass is 422 g/mol. The Balaban J connectivity index is 1.72. The summed E-state index contributed by atoms with van der Waals surface area (Å²) in [7, 11) is 42.6. The lowest BCUT2D eigenvalue weighted by Crippen LogP contribution is -2.17. The summed E-state index contributed by atoms with van der Waals surface area (Å²) in [6.07, 6.45) is 1.10. The van der Waals surface area contributed by atoms with Crippen LogP contribution >= 0.6 is 0 Å². The summed E-state index contributed by atoms with van der Waals surface area (Å²) >= 11 is 0. The van der Waals surface area contributed by atoms with E-state index >= 15 is 0 Å². The minimum absolute atomic E-state index is 0.0326. The third kappa shape index (κ3) is 4.50. The van der Waals surface area contributed by atoms with Gasteiger partial charge in [0.25, 0.3) is 0 Å². The first-order valence-electron chi connectivity index (χ1n) is 11.3. The van der Waals surface area contributed by atoms with Crippen LogP contribution in [0.25, 0.3) is 0 Å². The molecule has 4 rings (SSSR count). The molecule has 2 aliphatic heterocycles. The van der Waals surface area contributed by atoms with E-state index in [1.165, 1.54) is 0 Å². The van der Waals surface area contributed by atoms with Gasteiger partial charge in [-0.3, -0.25) is 0 Å². The summed E-state index contributed by atoms with van der Waals surface area (Å²) in [4.78, 5) is 0. The second-order valence-electron chi connectivity index (χ2n) is 9.39. The molecule has 2 heterocycles. The van der Waals surface area contributed by atoms with Crippen molar-refractivity contribution in [3.8, 4) is 23.6 Å². The van der Waals surface area contributed by atoms with Gasteiger partial charge < -0.3 is 4.74 Å². The zero-order valence-electron chi connectivity index (χ0n) is 19.3. The fourth-order valence-corrected chi connectivity index (χ4v) is 5.32. The maximum atomic E-state index is 9.60. The van der Waals surface area contributed by atoms with E-state index in [1.54, 1.807) is 46.9 Å². The smallest absolute Gasteiger partial charge is 0.146 e. The summed E-state index contributed by atoms with van der Waals surface area (Å²) in [5.74, 6) is 0.802. The molecule has 0 bridgehead atoms. The Bertz CT molecular complexity index is 1150. The van der Waals surface area contributed by atoms with Gasteiger partial charge in [0.1, 0.15) is 29.2 Å². The SMILES string of the molecule is [B][10B]C1[10B]([B])C1([10B][B])Cc1cc(CC2([10B][B])[10B]([B])C2[10B][B])cc(Oc2cccc(C#N)c2C#N)c1. The molecule has 0 N–H and O–H groups in total. The van der Waals surface area contributed by atoms with Gasteiger partial charge in [0.15, 0.2) is 0 Å². The van der Waals surface area contributed by atoms with E-state index in [9.17, 15) is 10.5 Å². The molecule has 2 aromatic carbocycles. The molecule has 0 aromatic heterocycles. The quantitative estimate of drug-likeness (QED) is 0.502. The maximum absolute atomic E-state index is 9.60. The first-order valence-corrected chi connectivity index (χ1v) is 11.3. The molecule has 16 radical (unpaired) electrons. The molecule has 0 amide bonds. The molecule has 0 saturated carbocycles. The summed E-state index contributed by atoms with van der Waals surface area (Å²) in [5.41, 5.74) is 2.21. The molecule has 2 aromatic rings. The molecule has 2 fully saturated rings. The topological polar surface area (TPSA) is 56.8 Å². The number of ether oxygens (including phenoxy) is 1. The number of rotatable bonds is 10. The van der Waals surface area contributed by atoms with Crippen molar-refractivity contribution in [2.75, 3.05) is 0 Å². The van der Waals surface area contributed by atoms with Crippen molar-refractivity contribution < 1.29 is 4.74 Å². The number of nitrogens with zero attached hydrogens (tertiary/aromatic N) is 2. The van der Waals surface area contributed by atoms with Crippen LogP contribution in [0.4, 0.5) is 0 Å². The van der Waals surface area contributed by atoms with Gasteiger partial charge in [-0.2, -0.15) is 10.5 Å². The molecule has 2 saturated heterocycles. The number of nitriles is 2. The molecule has 3 nitrogen and oxygen atoms in total. The molecule has 144 valence electrons. The van der Waals surface area contributed by atoms with Crippen molar-refractivity contribution in [2.45, 2.75) is 34.7 Å². The summed E-state index contributed by atoms with van der Waals surface area (Å²) in [5, 5.41) is 18.1. The highest BCUT2D eigenvalue weighted by atomic mass is 16.5. The molecule has 2 aliphatic rings. The molecule has 4 unspecified atom stereocenters. The Labute approximate surface area is 220 Å². The Morgan fingerprint density at radius 3 is 1.80 bits per heavy atom. The highest BCUT2D eigenvalue weighted by Crippen LogP contribution is 2.63. The fraction of sp³-hybridized carbons (Fsp3) is 0.300. The molecule has 15 heteroatoms. The normalized spacial score (nSPS) is 26.1. The molecular formula is C20H12B12N2O. The van der Waals surface area contributed by atoms with E-state index < -0.39 is 10.4 Å². The van der Waals surface area contributed by atoms with Gasteiger partial charge in [0.2, 0.25) is 0 Å². The highest BCUT2D eigenvalue weighted by Gasteiger charge is 2.59. The minimum atomic E-state index is -0.454. The second-order valence-corrected chi connectivity index (χ2v) is 9.39. The van der Waals surface area contributed by atoms with Crippen molar-refractivity contribution in [1.29, 1.82) is 10.5 Å². The van der Waals surface area contributed by atoms with Crippen molar-refractivity contribution in [2.24, 2.45) is 0 Å². The van der Waals surface area contributed by atoms with E-state index in [0.29, 0.717) is 24.3 Å². The van der Waals surface area contributed by atoms with Crippen LogP contribution in [0.3, 0.4) is 0 Å². The zero-order chi connectivity index (χ0) is 25.4. The Morgan fingerprint density at radius 2 is 1.40 bits per heavy atom. The van der Waals surface area contributed by atoms with Crippen molar-refractivity contribution in [3.63, 3.8) is 0 Å². The summed E-state index contributed by atoms with van der Waals surface area (Å²) in [6, 6.07) is 14.8. The number of hydrogen-bond acceptors (Lipinski definition) is 3. The number of hydrogen-bond donors (Lipinski definition) is 0. The van der Waals surface area contributed by atoms with E-state index in [2.05, 4.69) is 12.1 Å². The van der Waals surface area contributed by atoms with Gasteiger partial charge in [-0.05, 0) is 48.2 Å². The van der Waals surface area contributed by atoms with E-state index in [1.807, 2.05) is 18.2 Å². The standard InChI is InChI=1S/C20H12B12N2O/c21-27-17-19(29-23,31(17)25)7-11-4-12(8-20(30-24)18(28-22)32(20)26)6-14(5-11)35-16-3-1-2-13(9-33)15(16)10-34/h1-6,17-18H,7-8H2/i27-1,28-1,29-1,30-1,31-1,32-1. The Kier molecular flexibility index (Phi) is 7.57. The van der Waals surface area contributed by atoms with E-state index in [-0.39, 0.29) is 35.8 Å². The Morgan fingerprint density at radius 1 is 0.857 bits per heavy atom. The van der Waals surface area contributed by atoms with E-state index in [0.717, 1.165) is 11.1 Å². The lowest BCUT2D eigenvalue weighted by Gasteiger charge is -2.22. The highest BCUT2D eigenvalue weighted by molar-refractivity contribution is 7.29. The predicted octanol–water partition coefficient (Wildman–Crippen LogP) is -0.144. The zero-order valence-corrected chi connectivity index (χ0v) is 19.3. The third-order valence-corrected chi connectivity index (χ3v) is 7.61. The van der Waals surface area contributed by atoms with Crippen molar-refractivity contribution in [3.05, 3.63) is 58.7 Å². The first-order chi connectivity index (χ1) is 16.8. The molecule has 35 heavy (non-hydrogen) atoms. The number of benzene rings is 2. The van der Waals surface area contributed by atoms with Crippen LogP contribution in [0.15, 0.2) is 36.4 Å². The average molecular weight is 421 g/mol. The summed E-state index contributed by atoms with van der Waals surface area (Å²) in [6.45, 7) is -0.361. The summed E-state index contributed by atoms with van der Waals surface area (Å²) < 4.78 is 6.14. The van der Waals surface area contributed by atoms with Crippen LogP contribution in [0.2, 0.25) is 21.9 Å². The molecular weight excluding hydrogens is 409 g/mol. The first kappa shape index (κ1) is 26.1. The molecule has 4 atom stereocenters. The van der Waals surface area contributed by atoms with Gasteiger partial charge in [-0.15, -0.1) is 21.9 Å². The van der Waals surface area contributed by atoms with Crippen molar-refractivity contribution >= 4 is 88.3 Å². The molecule has 0 aliphatic carbocycles. The van der Waals surface area contributed by atoms with E-state index in [4.69, 9.17) is 51.2 Å². The lowest BCUT2D eigenvalue weighted by molar-refractivity contribution is 0.479. The van der Waals surface area contributed by atoms with Gasteiger partial charge in [0, 0.05) is 60.8 Å². The third-order valence-electron chi connectivity index (χ3n) is 7.61. The van der Waals surface area contributed by atoms with Crippen LogP contribution in [0.1, 0.15) is 22.3 Å². The fourth-order valence-electron chi connectivity index (χ4n) is 5.32. The van der Waals surface area contributed by atoms with Crippen LogP contribution in [0, 0.1) is 22.7 Å². The van der Waals surface area contributed by atoms with Gasteiger partial charge in [-0.25, -0.2) is 0 Å². The maximum Gasteiger partial charge on any atom is 0.146 e. The Hall–Kier alpha value is -2.00. The largest absolute Gasteiger partial charge is 0.456 e. The minimum Gasteiger partial charge on any atom is -0.456 e. The second kappa shape index (κ2) is 10.2. The van der Waals surface area contributed by atoms with Gasteiger partial charge in [-0.1, -0.05) is 12.1 Å². The average Bonchev–Trinajstić information content (AvgIpc) is 3.66. The van der Waals surface area contributed by atoms with Crippen LogP contribution in [-0.4, -0.2) is 88.3 Å². The van der Waals surface area contributed by atoms with Crippen LogP contribution < -0.4 is 4.74 Å². The lowest BCUT2D eigenvalue weighted by atomic mass is 8.78. The van der Waals surface area contributed by atoms with Gasteiger partial charge in [0.05, 0.1) is 33.1 Å². The predicted molar refractivity (Wildman–Crippen MR) is 152 cm³/mol.